The van der Waals surface area contributed by atoms with Crippen molar-refractivity contribution in [2.45, 2.75) is 17.2 Å². The van der Waals surface area contributed by atoms with Gasteiger partial charge in [-0.1, -0.05) is 18.2 Å². The average Bonchev–Trinajstić information content (AvgIpc) is 2.95. The maximum Gasteiger partial charge on any atom is 0.306 e. The number of sulfonamides is 1. The molecule has 0 radical (unpaired) electrons. The Balaban J connectivity index is 2.00. The summed E-state index contributed by atoms with van der Waals surface area (Å²) in [6.07, 6.45) is 0.100. The number of methoxy groups -OCH3 is 1. The van der Waals surface area contributed by atoms with E-state index in [9.17, 15) is 17.6 Å². The second-order valence-corrected chi connectivity index (χ2v) is 7.39. The Bertz CT molecular complexity index is 864. The molecule has 126 valence electrons. The molecule has 1 atom stereocenters. The van der Waals surface area contributed by atoms with E-state index in [1.54, 1.807) is 18.2 Å². The van der Waals surface area contributed by atoms with Crippen LogP contribution in [0, 0.1) is 5.82 Å². The minimum atomic E-state index is -3.83. The third-order valence-electron chi connectivity index (χ3n) is 4.07. The fraction of sp³-hybridized carbons (Fsp3) is 0.235. The molecular formula is C17H16FNO4S. The van der Waals surface area contributed by atoms with Crippen molar-refractivity contribution in [1.29, 1.82) is 0 Å². The summed E-state index contributed by atoms with van der Waals surface area (Å²) in [6.45, 7) is 0.147. The van der Waals surface area contributed by atoms with E-state index in [1.807, 2.05) is 6.07 Å². The van der Waals surface area contributed by atoms with Crippen LogP contribution in [0.4, 0.5) is 10.1 Å². The number of halogens is 1. The fourth-order valence-corrected chi connectivity index (χ4v) is 4.41. The Labute approximate surface area is 139 Å². The summed E-state index contributed by atoms with van der Waals surface area (Å²) >= 11 is 0. The van der Waals surface area contributed by atoms with Crippen molar-refractivity contribution in [3.05, 3.63) is 59.9 Å². The van der Waals surface area contributed by atoms with Crippen LogP contribution >= 0.6 is 0 Å². The number of hydrogen-bond donors (Lipinski definition) is 0. The number of rotatable bonds is 4. The zero-order valence-electron chi connectivity index (χ0n) is 13.0. The minimum Gasteiger partial charge on any atom is -0.469 e. The monoisotopic (exact) mass is 349 g/mol. The maximum atomic E-state index is 13.1. The molecule has 1 aliphatic heterocycles. The lowest BCUT2D eigenvalue weighted by Gasteiger charge is -2.20. The SMILES string of the molecule is COC(=O)CC1CN(S(=O)(=O)c2ccc(F)cc2)c2ccccc21. The van der Waals surface area contributed by atoms with Crippen LogP contribution in [0.15, 0.2) is 53.4 Å². The first-order valence-corrected chi connectivity index (χ1v) is 8.81. The number of ether oxygens (including phenoxy) is 1. The van der Waals surface area contributed by atoms with Crippen molar-refractivity contribution in [2.24, 2.45) is 0 Å². The molecule has 0 saturated heterocycles. The number of para-hydroxylation sites is 1. The molecule has 1 heterocycles. The lowest BCUT2D eigenvalue weighted by Crippen LogP contribution is -2.30. The Morgan fingerprint density at radius 2 is 1.88 bits per heavy atom. The fourth-order valence-electron chi connectivity index (χ4n) is 2.88. The van der Waals surface area contributed by atoms with Gasteiger partial charge in [-0.2, -0.15) is 0 Å². The van der Waals surface area contributed by atoms with Crippen LogP contribution in [0.3, 0.4) is 0 Å². The quantitative estimate of drug-likeness (QED) is 0.796. The number of fused-ring (bicyclic) bond motifs is 1. The number of hydrogen-bond acceptors (Lipinski definition) is 4. The minimum absolute atomic E-state index is 0.0115. The summed E-state index contributed by atoms with van der Waals surface area (Å²) in [7, 11) is -2.53. The van der Waals surface area contributed by atoms with E-state index >= 15 is 0 Å². The summed E-state index contributed by atoms with van der Waals surface area (Å²) < 4.78 is 44.8. The molecule has 1 unspecified atom stereocenters. The van der Waals surface area contributed by atoms with Crippen molar-refractivity contribution in [2.75, 3.05) is 18.0 Å². The lowest BCUT2D eigenvalue weighted by molar-refractivity contribution is -0.140. The summed E-state index contributed by atoms with van der Waals surface area (Å²) in [5.41, 5.74) is 1.32. The molecule has 7 heteroatoms. The van der Waals surface area contributed by atoms with Crippen LogP contribution in [0.1, 0.15) is 17.9 Å². The molecule has 0 aromatic heterocycles. The second-order valence-electron chi connectivity index (χ2n) is 5.53. The van der Waals surface area contributed by atoms with Crippen LogP contribution in [0.25, 0.3) is 0 Å². The Kier molecular flexibility index (Phi) is 4.28. The van der Waals surface area contributed by atoms with E-state index in [-0.39, 0.29) is 23.8 Å². The van der Waals surface area contributed by atoms with Crippen molar-refractivity contribution in [3.63, 3.8) is 0 Å². The van der Waals surface area contributed by atoms with Gasteiger partial charge >= 0.3 is 5.97 Å². The smallest absolute Gasteiger partial charge is 0.306 e. The van der Waals surface area contributed by atoms with Gasteiger partial charge < -0.3 is 4.74 Å². The molecule has 0 bridgehead atoms. The van der Waals surface area contributed by atoms with E-state index in [0.717, 1.165) is 17.7 Å². The maximum absolute atomic E-state index is 13.1. The molecule has 5 nitrogen and oxygen atoms in total. The van der Waals surface area contributed by atoms with Gasteiger partial charge in [-0.05, 0) is 35.9 Å². The predicted molar refractivity (Wildman–Crippen MR) is 86.7 cm³/mol. The van der Waals surface area contributed by atoms with Crippen LogP contribution in [0.5, 0.6) is 0 Å². The van der Waals surface area contributed by atoms with Gasteiger partial charge in [0.05, 0.1) is 24.1 Å². The van der Waals surface area contributed by atoms with Gasteiger partial charge in [0.15, 0.2) is 0 Å². The molecule has 0 fully saturated rings. The van der Waals surface area contributed by atoms with Crippen molar-refractivity contribution in [1.82, 2.24) is 0 Å². The number of nitrogens with zero attached hydrogens (tertiary/aromatic N) is 1. The van der Waals surface area contributed by atoms with Crippen LogP contribution in [-0.4, -0.2) is 28.0 Å². The van der Waals surface area contributed by atoms with Gasteiger partial charge in [-0.3, -0.25) is 9.10 Å². The highest BCUT2D eigenvalue weighted by atomic mass is 32.2. The van der Waals surface area contributed by atoms with Crippen LogP contribution in [-0.2, 0) is 19.6 Å². The normalized spacial score (nSPS) is 16.8. The Morgan fingerprint density at radius 3 is 2.54 bits per heavy atom. The van der Waals surface area contributed by atoms with Crippen molar-refractivity contribution < 1.29 is 22.3 Å². The van der Waals surface area contributed by atoms with Gasteiger partial charge in [-0.25, -0.2) is 12.8 Å². The molecular weight excluding hydrogens is 333 g/mol. The molecule has 1 aliphatic rings. The second kappa shape index (κ2) is 6.24. The number of carbonyl (C=O) groups is 1. The molecule has 0 aliphatic carbocycles. The molecule has 0 saturated carbocycles. The molecule has 24 heavy (non-hydrogen) atoms. The zero-order valence-corrected chi connectivity index (χ0v) is 13.8. The highest BCUT2D eigenvalue weighted by Gasteiger charge is 2.37. The average molecular weight is 349 g/mol. The Hall–Kier alpha value is -2.41. The molecule has 0 amide bonds. The number of benzene rings is 2. The molecule has 2 aromatic carbocycles. The van der Waals surface area contributed by atoms with E-state index < -0.39 is 21.8 Å². The highest BCUT2D eigenvalue weighted by molar-refractivity contribution is 7.92. The van der Waals surface area contributed by atoms with Crippen LogP contribution < -0.4 is 4.31 Å². The molecule has 2 aromatic rings. The summed E-state index contributed by atoms with van der Waals surface area (Å²) in [4.78, 5) is 11.6. The van der Waals surface area contributed by atoms with Gasteiger partial charge in [-0.15, -0.1) is 0 Å². The Morgan fingerprint density at radius 1 is 1.21 bits per heavy atom. The first-order valence-electron chi connectivity index (χ1n) is 7.37. The van der Waals surface area contributed by atoms with Crippen LogP contribution in [0.2, 0.25) is 0 Å². The molecule has 0 spiro atoms. The highest BCUT2D eigenvalue weighted by Crippen LogP contribution is 2.41. The third kappa shape index (κ3) is 2.87. The van der Waals surface area contributed by atoms with E-state index in [2.05, 4.69) is 0 Å². The van der Waals surface area contributed by atoms with Gasteiger partial charge in [0.2, 0.25) is 0 Å². The standard InChI is InChI=1S/C17H16FNO4S/c1-23-17(20)10-12-11-19(16-5-3-2-4-15(12)16)24(21,22)14-8-6-13(18)7-9-14/h2-9,12H,10-11H2,1H3. The first kappa shape index (κ1) is 16.4. The number of carbonyl (C=O) groups excluding carboxylic acids is 1. The van der Waals surface area contributed by atoms with Gasteiger partial charge in [0.25, 0.3) is 10.0 Å². The predicted octanol–water partition coefficient (Wildman–Crippen LogP) is 2.68. The van der Waals surface area contributed by atoms with E-state index in [1.165, 1.54) is 23.5 Å². The van der Waals surface area contributed by atoms with E-state index in [0.29, 0.717) is 5.69 Å². The molecule has 0 N–H and O–H groups in total. The number of anilines is 1. The largest absolute Gasteiger partial charge is 0.469 e. The van der Waals surface area contributed by atoms with Gasteiger partial charge in [0.1, 0.15) is 5.82 Å². The number of esters is 1. The van der Waals surface area contributed by atoms with Crippen molar-refractivity contribution in [3.8, 4) is 0 Å². The van der Waals surface area contributed by atoms with Gasteiger partial charge in [0, 0.05) is 12.5 Å². The summed E-state index contributed by atoms with van der Waals surface area (Å²) in [5.74, 6) is -1.17. The van der Waals surface area contributed by atoms with Crippen molar-refractivity contribution >= 4 is 21.7 Å². The topological polar surface area (TPSA) is 63.7 Å². The summed E-state index contributed by atoms with van der Waals surface area (Å²) in [5, 5.41) is 0. The molecule has 3 rings (SSSR count). The first-order chi connectivity index (χ1) is 11.4. The zero-order chi connectivity index (χ0) is 17.3. The van der Waals surface area contributed by atoms with E-state index in [4.69, 9.17) is 4.74 Å². The summed E-state index contributed by atoms with van der Waals surface area (Å²) in [6, 6.07) is 11.8. The third-order valence-corrected chi connectivity index (χ3v) is 5.87. The lowest BCUT2D eigenvalue weighted by atomic mass is 9.98.